The minimum Gasteiger partial charge on any atom is -0.478 e. The van der Waals surface area contributed by atoms with Gasteiger partial charge in [0.15, 0.2) is 0 Å². The largest absolute Gasteiger partial charge is 0.478 e. The highest BCUT2D eigenvalue weighted by Crippen LogP contribution is 2.33. The van der Waals surface area contributed by atoms with Gasteiger partial charge in [0.2, 0.25) is 0 Å². The van der Waals surface area contributed by atoms with Gasteiger partial charge < -0.3 is 20.2 Å². The Labute approximate surface area is 195 Å². The van der Waals surface area contributed by atoms with Crippen molar-refractivity contribution in [2.24, 2.45) is 0 Å². The first-order valence-corrected chi connectivity index (χ1v) is 10.2. The third-order valence-corrected chi connectivity index (χ3v) is 4.72. The molecule has 4 aromatic rings. The van der Waals surface area contributed by atoms with Gasteiger partial charge in [-0.1, -0.05) is 54.6 Å². The molecule has 34 heavy (non-hydrogen) atoms. The number of hydrogen-bond acceptors (Lipinski definition) is 4. The Balaban J connectivity index is 0.000000197. The lowest BCUT2D eigenvalue weighted by atomic mass is 10.1. The number of benzene rings is 4. The molecule has 0 radical (unpaired) electrons. The quantitative estimate of drug-likeness (QED) is 0.330. The molecule has 3 N–H and O–H groups in total. The molecule has 0 unspecified atom stereocenters. The lowest BCUT2D eigenvalue weighted by Crippen LogP contribution is -2.09. The lowest BCUT2D eigenvalue weighted by molar-refractivity contribution is 0.0696. The highest BCUT2D eigenvalue weighted by Gasteiger charge is 2.14. The van der Waals surface area contributed by atoms with Crippen molar-refractivity contribution in [1.29, 1.82) is 0 Å². The molecule has 0 saturated heterocycles. The van der Waals surface area contributed by atoms with E-state index in [1.807, 2.05) is 18.2 Å². The maximum atomic E-state index is 10.6. The molecule has 0 heterocycles. The van der Waals surface area contributed by atoms with Gasteiger partial charge in [0.05, 0.1) is 16.7 Å². The van der Waals surface area contributed by atoms with Gasteiger partial charge >= 0.3 is 17.9 Å². The highest BCUT2D eigenvalue weighted by molar-refractivity contribution is 5.98. The van der Waals surface area contributed by atoms with E-state index in [9.17, 15) is 14.4 Å². The van der Waals surface area contributed by atoms with Crippen molar-refractivity contribution in [2.45, 2.75) is 0 Å². The van der Waals surface area contributed by atoms with Crippen LogP contribution in [0.2, 0.25) is 0 Å². The second-order valence-electron chi connectivity index (χ2n) is 7.06. The fourth-order valence-corrected chi connectivity index (χ4v) is 3.18. The number of carboxylic acids is 3. The molecule has 0 spiro atoms. The van der Waals surface area contributed by atoms with Gasteiger partial charge in [-0.25, -0.2) is 14.4 Å². The number of para-hydroxylation sites is 3. The molecule has 0 aliphatic carbocycles. The Bertz CT molecular complexity index is 1100. The van der Waals surface area contributed by atoms with Gasteiger partial charge in [-0.15, -0.1) is 0 Å². The summed E-state index contributed by atoms with van der Waals surface area (Å²) in [6, 6.07) is 33.9. The highest BCUT2D eigenvalue weighted by atomic mass is 16.4. The molecule has 7 heteroatoms. The van der Waals surface area contributed by atoms with Gasteiger partial charge in [-0.2, -0.15) is 0 Å². The third-order valence-electron chi connectivity index (χ3n) is 4.72. The van der Waals surface area contributed by atoms with E-state index in [1.54, 1.807) is 0 Å². The summed E-state index contributed by atoms with van der Waals surface area (Å²) in [4.78, 5) is 33.9. The Kier molecular flexibility index (Phi) is 7.75. The van der Waals surface area contributed by atoms with E-state index in [0.29, 0.717) is 0 Å². The number of carbonyl (C=O) groups is 3. The van der Waals surface area contributed by atoms with E-state index in [1.165, 1.54) is 17.1 Å². The van der Waals surface area contributed by atoms with Gasteiger partial charge in [0, 0.05) is 17.1 Å². The van der Waals surface area contributed by atoms with Gasteiger partial charge in [-0.3, -0.25) is 0 Å². The monoisotopic (exact) mass is 455 g/mol. The molecular weight excluding hydrogens is 434 g/mol. The van der Waals surface area contributed by atoms with E-state index < -0.39 is 17.9 Å². The number of hydrogen-bond donors (Lipinski definition) is 3. The molecule has 7 nitrogen and oxygen atoms in total. The summed E-state index contributed by atoms with van der Waals surface area (Å²) in [6.07, 6.45) is 0. The normalized spacial score (nSPS) is 9.88. The van der Waals surface area contributed by atoms with Crippen LogP contribution in [0, 0.1) is 0 Å². The van der Waals surface area contributed by atoms with Crippen LogP contribution in [0.5, 0.6) is 0 Å². The maximum absolute atomic E-state index is 10.6. The molecule has 4 rings (SSSR count). The van der Waals surface area contributed by atoms with Crippen LogP contribution in [-0.2, 0) is 0 Å². The number of aromatic carboxylic acids is 3. The standard InChI is InChI=1S/C18H15N.C9H6O6/c1-4-10-16(11-5-1)19(17-12-6-2-7-13-17)18-14-8-3-9-15-18;10-7(11)4-1-5(8(12)13)3-6(2-4)9(14)15/h1-15H;1-3H,(H,10,11)(H,12,13)(H,14,15). The molecule has 0 bridgehead atoms. The Morgan fingerprint density at radius 1 is 0.441 bits per heavy atom. The second kappa shape index (κ2) is 11.1. The fraction of sp³-hybridized carbons (Fsp3) is 0. The van der Waals surface area contributed by atoms with Crippen LogP contribution in [0.25, 0.3) is 0 Å². The van der Waals surface area contributed by atoms with Crippen molar-refractivity contribution in [3.8, 4) is 0 Å². The minimum atomic E-state index is -1.37. The van der Waals surface area contributed by atoms with Crippen LogP contribution >= 0.6 is 0 Å². The van der Waals surface area contributed by atoms with Crippen LogP contribution in [0.1, 0.15) is 31.1 Å². The van der Waals surface area contributed by atoms with E-state index in [-0.39, 0.29) is 16.7 Å². The van der Waals surface area contributed by atoms with Crippen molar-refractivity contribution < 1.29 is 29.7 Å². The molecule has 0 aromatic heterocycles. The molecule has 0 aliphatic rings. The minimum absolute atomic E-state index is 0.368. The zero-order valence-corrected chi connectivity index (χ0v) is 17.9. The fourth-order valence-electron chi connectivity index (χ4n) is 3.18. The van der Waals surface area contributed by atoms with Crippen LogP contribution in [0.3, 0.4) is 0 Å². The zero-order chi connectivity index (χ0) is 24.5. The molecule has 0 fully saturated rings. The first-order chi connectivity index (χ1) is 16.4. The van der Waals surface area contributed by atoms with Crippen molar-refractivity contribution in [3.05, 3.63) is 126 Å². The van der Waals surface area contributed by atoms with Crippen molar-refractivity contribution in [2.75, 3.05) is 4.90 Å². The van der Waals surface area contributed by atoms with Gasteiger partial charge in [0.25, 0.3) is 0 Å². The summed E-state index contributed by atoms with van der Waals surface area (Å²) >= 11 is 0. The van der Waals surface area contributed by atoms with Gasteiger partial charge in [0.1, 0.15) is 0 Å². The van der Waals surface area contributed by atoms with Crippen LogP contribution < -0.4 is 4.90 Å². The van der Waals surface area contributed by atoms with E-state index in [4.69, 9.17) is 15.3 Å². The SMILES string of the molecule is O=C(O)c1cc(C(=O)O)cc(C(=O)O)c1.c1ccc(N(c2ccccc2)c2ccccc2)cc1. The van der Waals surface area contributed by atoms with Gasteiger partial charge in [-0.05, 0) is 54.6 Å². The first kappa shape index (κ1) is 23.7. The Hall–Kier alpha value is -4.91. The Morgan fingerprint density at radius 3 is 0.882 bits per heavy atom. The molecule has 0 amide bonds. The average Bonchev–Trinajstić information content (AvgIpc) is 2.86. The molecule has 4 aromatic carbocycles. The predicted molar refractivity (Wildman–Crippen MR) is 128 cm³/mol. The summed E-state index contributed by atoms with van der Waals surface area (Å²) in [5.41, 5.74) is 2.40. The van der Waals surface area contributed by atoms with Crippen LogP contribution in [0.15, 0.2) is 109 Å². The second-order valence-corrected chi connectivity index (χ2v) is 7.06. The van der Waals surface area contributed by atoms with E-state index in [0.717, 1.165) is 18.2 Å². The summed E-state index contributed by atoms with van der Waals surface area (Å²) < 4.78 is 0. The predicted octanol–water partition coefficient (Wildman–Crippen LogP) is 5.94. The third kappa shape index (κ3) is 6.08. The maximum Gasteiger partial charge on any atom is 0.335 e. The van der Waals surface area contributed by atoms with E-state index >= 15 is 0 Å². The smallest absolute Gasteiger partial charge is 0.335 e. The molecule has 0 saturated carbocycles. The zero-order valence-electron chi connectivity index (χ0n) is 17.9. The topological polar surface area (TPSA) is 115 Å². The molecule has 0 atom stereocenters. The van der Waals surface area contributed by atoms with E-state index in [2.05, 4.69) is 77.7 Å². The average molecular weight is 455 g/mol. The summed E-state index contributed by atoms with van der Waals surface area (Å²) in [7, 11) is 0. The van der Waals surface area contributed by atoms with Crippen molar-refractivity contribution in [3.63, 3.8) is 0 Å². The molecular formula is C27H21NO6. The number of rotatable bonds is 6. The first-order valence-electron chi connectivity index (χ1n) is 10.2. The Morgan fingerprint density at radius 2 is 0.676 bits per heavy atom. The summed E-state index contributed by atoms with van der Waals surface area (Å²) in [5, 5.41) is 25.8. The lowest BCUT2D eigenvalue weighted by Gasteiger charge is -2.25. The summed E-state index contributed by atoms with van der Waals surface area (Å²) in [5.74, 6) is -4.12. The van der Waals surface area contributed by atoms with Crippen molar-refractivity contribution >= 4 is 35.0 Å². The summed E-state index contributed by atoms with van der Waals surface area (Å²) in [6.45, 7) is 0. The molecule has 0 aliphatic heterocycles. The number of carboxylic acid groups (broad SMARTS) is 3. The molecule has 170 valence electrons. The van der Waals surface area contributed by atoms with Crippen LogP contribution in [-0.4, -0.2) is 33.2 Å². The number of nitrogens with zero attached hydrogens (tertiary/aromatic N) is 1. The number of anilines is 3. The van der Waals surface area contributed by atoms with Crippen LogP contribution in [0.4, 0.5) is 17.1 Å². The van der Waals surface area contributed by atoms with Crippen molar-refractivity contribution in [1.82, 2.24) is 0 Å².